The molecule has 1 atom stereocenters. The summed E-state index contributed by atoms with van der Waals surface area (Å²) in [7, 11) is 1.58. The van der Waals surface area contributed by atoms with Gasteiger partial charge in [0.25, 0.3) is 11.8 Å². The zero-order valence-corrected chi connectivity index (χ0v) is 28.9. The third-order valence-corrected chi connectivity index (χ3v) is 9.70. The number of nitrogens with one attached hydrogen (secondary N) is 3. The van der Waals surface area contributed by atoms with Gasteiger partial charge in [0.2, 0.25) is 5.91 Å². The highest BCUT2D eigenvalue weighted by molar-refractivity contribution is 8.00. The minimum absolute atomic E-state index is 0.0758. The second kappa shape index (κ2) is 15.6. The lowest BCUT2D eigenvalue weighted by Gasteiger charge is -2.16. The number of methoxy groups -OCH3 is 1. The Bertz CT molecular complexity index is 2190. The van der Waals surface area contributed by atoms with Gasteiger partial charge in [0, 0.05) is 50.2 Å². The number of para-hydroxylation sites is 1. The molecular weight excluding hydrogens is 645 g/mol. The molecule has 0 spiro atoms. The van der Waals surface area contributed by atoms with E-state index in [-0.39, 0.29) is 16.9 Å². The topological polar surface area (TPSA) is 101 Å². The van der Waals surface area contributed by atoms with E-state index in [0.29, 0.717) is 29.0 Å². The Morgan fingerprint density at radius 1 is 0.760 bits per heavy atom. The first-order chi connectivity index (χ1) is 24.4. The zero-order chi connectivity index (χ0) is 35.0. The molecule has 9 heteroatoms. The summed E-state index contributed by atoms with van der Waals surface area (Å²) in [6.45, 7) is 4.96. The third-order valence-electron chi connectivity index (χ3n) is 8.35. The van der Waals surface area contributed by atoms with Gasteiger partial charge < -0.3 is 25.3 Å². The van der Waals surface area contributed by atoms with Crippen molar-refractivity contribution in [2.75, 3.05) is 17.7 Å². The second-order valence-corrected chi connectivity index (χ2v) is 12.9. The predicted octanol–water partition coefficient (Wildman–Crippen LogP) is 8.74. The minimum atomic E-state index is -0.489. The number of nitrogens with zero attached hydrogens (tertiary/aromatic N) is 1. The number of thioether (sulfide) groups is 1. The van der Waals surface area contributed by atoms with Gasteiger partial charge in [-0.25, -0.2) is 0 Å². The standard InChI is InChI=1S/C41H38N4O4S/c1-4-38(41(48)43-30-20-23-37-34(26-30)33-16-9-10-17-36(33)45(37)5-2)50-32-15-11-14-29(25-32)42-40(47)35(24-27-18-21-31(49-3)22-19-27)44-39(46)28-12-7-6-8-13-28/h6-26,38H,4-5H2,1-3H3,(H,42,47)(H,43,48)(H,44,46)/b35-24+. The Morgan fingerprint density at radius 3 is 2.22 bits per heavy atom. The number of ether oxygens (including phenoxy) is 1. The first kappa shape index (κ1) is 34.1. The van der Waals surface area contributed by atoms with Crippen LogP contribution in [0.4, 0.5) is 11.4 Å². The molecule has 8 nitrogen and oxygen atoms in total. The van der Waals surface area contributed by atoms with Gasteiger partial charge in [-0.05, 0) is 91.7 Å². The van der Waals surface area contributed by atoms with Crippen molar-refractivity contribution in [1.82, 2.24) is 9.88 Å². The van der Waals surface area contributed by atoms with Crippen LogP contribution in [0.5, 0.6) is 5.75 Å². The first-order valence-electron chi connectivity index (χ1n) is 16.5. The molecule has 6 aromatic rings. The van der Waals surface area contributed by atoms with Crippen LogP contribution in [0.25, 0.3) is 27.9 Å². The molecule has 0 saturated heterocycles. The smallest absolute Gasteiger partial charge is 0.272 e. The molecule has 50 heavy (non-hydrogen) atoms. The van der Waals surface area contributed by atoms with E-state index < -0.39 is 11.8 Å². The zero-order valence-electron chi connectivity index (χ0n) is 28.1. The van der Waals surface area contributed by atoms with Crippen molar-refractivity contribution in [3.63, 3.8) is 0 Å². The quantitative estimate of drug-likeness (QED) is 0.0886. The molecule has 5 aromatic carbocycles. The van der Waals surface area contributed by atoms with E-state index in [1.807, 2.05) is 55.5 Å². The van der Waals surface area contributed by atoms with Crippen LogP contribution in [0, 0.1) is 0 Å². The van der Waals surface area contributed by atoms with Crippen LogP contribution in [0.3, 0.4) is 0 Å². The number of rotatable bonds is 12. The fraction of sp³-hybridized carbons (Fsp3) is 0.146. The highest BCUT2D eigenvalue weighted by Crippen LogP contribution is 2.32. The molecule has 0 radical (unpaired) electrons. The van der Waals surface area contributed by atoms with Gasteiger partial charge in [0.15, 0.2) is 0 Å². The largest absolute Gasteiger partial charge is 0.497 e. The molecule has 3 N–H and O–H groups in total. The number of hydrogen-bond acceptors (Lipinski definition) is 5. The normalized spacial score (nSPS) is 12.0. The van der Waals surface area contributed by atoms with Crippen LogP contribution in [0.15, 0.2) is 132 Å². The summed E-state index contributed by atoms with van der Waals surface area (Å²) >= 11 is 1.43. The number of fused-ring (bicyclic) bond motifs is 3. The molecule has 252 valence electrons. The summed E-state index contributed by atoms with van der Waals surface area (Å²) in [5, 5.41) is 10.7. The number of amides is 3. The van der Waals surface area contributed by atoms with Crippen molar-refractivity contribution < 1.29 is 19.1 Å². The average Bonchev–Trinajstić information content (AvgIpc) is 3.47. The Hall–Kier alpha value is -5.80. The van der Waals surface area contributed by atoms with Gasteiger partial charge in [-0.1, -0.05) is 61.5 Å². The van der Waals surface area contributed by atoms with E-state index in [1.165, 1.54) is 17.3 Å². The summed E-state index contributed by atoms with van der Waals surface area (Å²) in [4.78, 5) is 41.0. The maximum absolute atomic E-state index is 13.6. The van der Waals surface area contributed by atoms with Crippen molar-refractivity contribution in [2.45, 2.75) is 37.0 Å². The van der Waals surface area contributed by atoms with Crippen LogP contribution in [-0.4, -0.2) is 34.6 Å². The van der Waals surface area contributed by atoms with Crippen molar-refractivity contribution in [3.05, 3.63) is 138 Å². The predicted molar refractivity (Wildman–Crippen MR) is 204 cm³/mol. The number of aromatic nitrogens is 1. The molecule has 0 aliphatic rings. The molecule has 0 saturated carbocycles. The molecule has 0 bridgehead atoms. The van der Waals surface area contributed by atoms with Crippen LogP contribution >= 0.6 is 11.8 Å². The molecule has 0 aliphatic heterocycles. The van der Waals surface area contributed by atoms with E-state index in [1.54, 1.807) is 67.8 Å². The second-order valence-electron chi connectivity index (χ2n) is 11.6. The van der Waals surface area contributed by atoms with E-state index in [0.717, 1.165) is 33.4 Å². The SMILES string of the molecule is CCC(Sc1cccc(NC(=O)/C(=C\c2ccc(OC)cc2)NC(=O)c2ccccc2)c1)C(=O)Nc1ccc2c(c1)c1ccccc1n2CC. The lowest BCUT2D eigenvalue weighted by atomic mass is 10.1. The summed E-state index contributed by atoms with van der Waals surface area (Å²) < 4.78 is 7.53. The third kappa shape index (κ3) is 7.74. The van der Waals surface area contributed by atoms with Crippen molar-refractivity contribution >= 4 is 68.7 Å². The lowest BCUT2D eigenvalue weighted by molar-refractivity contribution is -0.116. The van der Waals surface area contributed by atoms with Crippen molar-refractivity contribution in [2.24, 2.45) is 0 Å². The maximum Gasteiger partial charge on any atom is 0.272 e. The molecule has 1 heterocycles. The maximum atomic E-state index is 13.6. The molecule has 0 fully saturated rings. The Labute approximate surface area is 295 Å². The van der Waals surface area contributed by atoms with Gasteiger partial charge >= 0.3 is 0 Å². The van der Waals surface area contributed by atoms with Crippen LogP contribution < -0.4 is 20.7 Å². The molecule has 6 rings (SSSR count). The van der Waals surface area contributed by atoms with E-state index in [4.69, 9.17) is 4.74 Å². The van der Waals surface area contributed by atoms with E-state index in [9.17, 15) is 14.4 Å². The van der Waals surface area contributed by atoms with Crippen molar-refractivity contribution in [1.29, 1.82) is 0 Å². The monoisotopic (exact) mass is 682 g/mol. The van der Waals surface area contributed by atoms with E-state index >= 15 is 0 Å². The number of carbonyl (C=O) groups is 3. The highest BCUT2D eigenvalue weighted by atomic mass is 32.2. The summed E-state index contributed by atoms with van der Waals surface area (Å²) in [6, 6.07) is 37.6. The summed E-state index contributed by atoms with van der Waals surface area (Å²) in [5.41, 5.74) is 4.79. The van der Waals surface area contributed by atoms with Gasteiger partial charge in [-0.3, -0.25) is 14.4 Å². The molecule has 3 amide bonds. The van der Waals surface area contributed by atoms with Crippen molar-refractivity contribution in [3.8, 4) is 5.75 Å². The average molecular weight is 683 g/mol. The first-order valence-corrected chi connectivity index (χ1v) is 17.4. The Morgan fingerprint density at radius 2 is 1.48 bits per heavy atom. The van der Waals surface area contributed by atoms with Gasteiger partial charge in [0.1, 0.15) is 11.4 Å². The number of aryl methyl sites for hydroxylation is 1. The number of carbonyl (C=O) groups excluding carboxylic acids is 3. The summed E-state index contributed by atoms with van der Waals surface area (Å²) in [5.74, 6) is -0.316. The molecule has 1 aromatic heterocycles. The van der Waals surface area contributed by atoms with Gasteiger partial charge in [-0.2, -0.15) is 0 Å². The molecular formula is C41H38N4O4S. The summed E-state index contributed by atoms with van der Waals surface area (Å²) in [6.07, 6.45) is 2.22. The number of benzene rings is 5. The van der Waals surface area contributed by atoms with Crippen LogP contribution in [0.2, 0.25) is 0 Å². The number of anilines is 2. The Kier molecular flexibility index (Phi) is 10.6. The van der Waals surface area contributed by atoms with Gasteiger partial charge in [-0.15, -0.1) is 11.8 Å². The minimum Gasteiger partial charge on any atom is -0.497 e. The Balaban J connectivity index is 1.17. The number of hydrogen-bond donors (Lipinski definition) is 3. The highest BCUT2D eigenvalue weighted by Gasteiger charge is 2.20. The lowest BCUT2D eigenvalue weighted by Crippen LogP contribution is -2.30. The van der Waals surface area contributed by atoms with E-state index in [2.05, 4.69) is 45.6 Å². The molecule has 1 unspecified atom stereocenters. The fourth-order valence-electron chi connectivity index (χ4n) is 5.84. The van der Waals surface area contributed by atoms with Crippen LogP contribution in [0.1, 0.15) is 36.2 Å². The van der Waals surface area contributed by atoms with Gasteiger partial charge in [0.05, 0.1) is 12.4 Å². The fourth-order valence-corrected chi connectivity index (χ4v) is 6.85. The molecule has 0 aliphatic carbocycles. The van der Waals surface area contributed by atoms with Crippen LogP contribution in [-0.2, 0) is 16.1 Å².